The molecule has 1 aromatic carbocycles. The molecule has 2 fully saturated rings. The molecule has 1 aromatic rings. The van der Waals surface area contributed by atoms with E-state index in [2.05, 4.69) is 22.2 Å². The topological polar surface area (TPSA) is 55.8 Å². The molecule has 0 atom stereocenters. The van der Waals surface area contributed by atoms with Gasteiger partial charge in [0.05, 0.1) is 0 Å². The van der Waals surface area contributed by atoms with Gasteiger partial charge in [0.1, 0.15) is 5.60 Å². The van der Waals surface area contributed by atoms with Crippen LogP contribution in [0.5, 0.6) is 0 Å². The van der Waals surface area contributed by atoms with Crippen molar-refractivity contribution in [1.82, 2.24) is 4.90 Å². The number of nitrogens with zero attached hydrogens (tertiary/aromatic N) is 2. The van der Waals surface area contributed by atoms with E-state index in [1.807, 2.05) is 24.3 Å². The summed E-state index contributed by atoms with van der Waals surface area (Å²) in [6, 6.07) is 7.92. The zero-order chi connectivity index (χ0) is 15.6. The summed E-state index contributed by atoms with van der Waals surface area (Å²) in [5.41, 5.74) is 0.768. The molecule has 0 aromatic heterocycles. The standard InChI is InChI=1S/C17H25N3O2/c1-19-10-12-20(13-11-19)15-6-4-14(5-7-15)18-16(21)17(22)8-2-3-9-17/h4-7,22H,2-3,8-13H2,1H3,(H,18,21). The maximum Gasteiger partial charge on any atom is 0.256 e. The third kappa shape index (κ3) is 3.25. The Bertz CT molecular complexity index is 515. The fraction of sp³-hybridized carbons (Fsp3) is 0.588. The number of anilines is 2. The van der Waals surface area contributed by atoms with Crippen LogP contribution in [0.4, 0.5) is 11.4 Å². The number of carbonyl (C=O) groups excluding carboxylic acids is 1. The average molecular weight is 303 g/mol. The quantitative estimate of drug-likeness (QED) is 0.892. The lowest BCUT2D eigenvalue weighted by molar-refractivity contribution is -0.133. The number of nitrogens with one attached hydrogen (secondary N) is 1. The number of benzene rings is 1. The summed E-state index contributed by atoms with van der Waals surface area (Å²) in [6.07, 6.45) is 2.98. The highest BCUT2D eigenvalue weighted by Gasteiger charge is 2.38. The summed E-state index contributed by atoms with van der Waals surface area (Å²) >= 11 is 0. The summed E-state index contributed by atoms with van der Waals surface area (Å²) in [6.45, 7) is 4.21. The second-order valence-corrected chi connectivity index (χ2v) is 6.53. The number of rotatable bonds is 3. The van der Waals surface area contributed by atoms with Crippen molar-refractivity contribution in [3.8, 4) is 0 Å². The Balaban J connectivity index is 1.61. The van der Waals surface area contributed by atoms with Crippen LogP contribution in [0.2, 0.25) is 0 Å². The van der Waals surface area contributed by atoms with Gasteiger partial charge in [-0.15, -0.1) is 0 Å². The van der Waals surface area contributed by atoms with Gasteiger partial charge in [-0.25, -0.2) is 0 Å². The number of aliphatic hydroxyl groups is 1. The zero-order valence-electron chi connectivity index (χ0n) is 13.2. The van der Waals surface area contributed by atoms with E-state index >= 15 is 0 Å². The largest absolute Gasteiger partial charge is 0.380 e. The van der Waals surface area contributed by atoms with Crippen molar-refractivity contribution in [2.24, 2.45) is 0 Å². The van der Waals surface area contributed by atoms with Crippen LogP contribution in [0.3, 0.4) is 0 Å². The normalized spacial score (nSPS) is 21.8. The third-order valence-electron chi connectivity index (χ3n) is 4.85. The van der Waals surface area contributed by atoms with Crippen molar-refractivity contribution in [3.05, 3.63) is 24.3 Å². The van der Waals surface area contributed by atoms with Crippen LogP contribution in [-0.2, 0) is 4.79 Å². The number of carbonyl (C=O) groups is 1. The molecule has 1 saturated heterocycles. The Kier molecular flexibility index (Phi) is 4.36. The van der Waals surface area contributed by atoms with Gasteiger partial charge in [-0.3, -0.25) is 4.79 Å². The lowest BCUT2D eigenvalue weighted by Gasteiger charge is -2.34. The van der Waals surface area contributed by atoms with Gasteiger partial charge in [0.2, 0.25) is 0 Å². The molecule has 1 aliphatic carbocycles. The molecular weight excluding hydrogens is 278 g/mol. The zero-order valence-corrected chi connectivity index (χ0v) is 13.2. The van der Waals surface area contributed by atoms with Crippen molar-refractivity contribution in [1.29, 1.82) is 0 Å². The summed E-state index contributed by atoms with van der Waals surface area (Å²) in [7, 11) is 2.14. The van der Waals surface area contributed by atoms with Crippen molar-refractivity contribution in [2.75, 3.05) is 43.4 Å². The highest BCUT2D eigenvalue weighted by molar-refractivity contribution is 5.97. The predicted molar refractivity (Wildman–Crippen MR) is 88.2 cm³/mol. The third-order valence-corrected chi connectivity index (χ3v) is 4.85. The van der Waals surface area contributed by atoms with Gasteiger partial charge in [0, 0.05) is 37.6 Å². The minimum Gasteiger partial charge on any atom is -0.380 e. The van der Waals surface area contributed by atoms with Crippen molar-refractivity contribution in [3.63, 3.8) is 0 Å². The van der Waals surface area contributed by atoms with E-state index in [4.69, 9.17) is 0 Å². The molecule has 0 radical (unpaired) electrons. The van der Waals surface area contributed by atoms with Crippen molar-refractivity contribution < 1.29 is 9.90 Å². The Morgan fingerprint density at radius 3 is 2.27 bits per heavy atom. The van der Waals surface area contributed by atoms with Crippen molar-refractivity contribution in [2.45, 2.75) is 31.3 Å². The van der Waals surface area contributed by atoms with E-state index in [0.717, 1.165) is 44.7 Å². The molecule has 0 spiro atoms. The first kappa shape index (κ1) is 15.3. The van der Waals surface area contributed by atoms with Crippen LogP contribution < -0.4 is 10.2 Å². The van der Waals surface area contributed by atoms with E-state index in [-0.39, 0.29) is 5.91 Å². The van der Waals surface area contributed by atoms with E-state index in [0.29, 0.717) is 12.8 Å². The van der Waals surface area contributed by atoms with Gasteiger partial charge in [-0.2, -0.15) is 0 Å². The number of likely N-dealkylation sites (N-methyl/N-ethyl adjacent to an activating group) is 1. The Hall–Kier alpha value is -1.59. The molecule has 1 saturated carbocycles. The molecule has 1 amide bonds. The van der Waals surface area contributed by atoms with Crippen molar-refractivity contribution >= 4 is 17.3 Å². The highest BCUT2D eigenvalue weighted by Crippen LogP contribution is 2.30. The van der Waals surface area contributed by atoms with Crippen LogP contribution in [0.15, 0.2) is 24.3 Å². The Morgan fingerprint density at radius 1 is 1.09 bits per heavy atom. The molecule has 2 N–H and O–H groups in total. The minimum absolute atomic E-state index is 0.266. The van der Waals surface area contributed by atoms with Crippen LogP contribution in [0, 0.1) is 0 Å². The molecule has 22 heavy (non-hydrogen) atoms. The molecular formula is C17H25N3O2. The first-order chi connectivity index (χ1) is 10.6. The maximum absolute atomic E-state index is 12.2. The van der Waals surface area contributed by atoms with E-state index in [1.54, 1.807) is 0 Å². The second kappa shape index (κ2) is 6.26. The summed E-state index contributed by atoms with van der Waals surface area (Å²) in [5.74, 6) is -0.266. The monoisotopic (exact) mass is 303 g/mol. The molecule has 1 aliphatic heterocycles. The van der Waals surface area contributed by atoms with Crippen LogP contribution >= 0.6 is 0 Å². The predicted octanol–water partition coefficient (Wildman–Crippen LogP) is 1.68. The van der Waals surface area contributed by atoms with Gasteiger partial charge in [-0.1, -0.05) is 0 Å². The average Bonchev–Trinajstić information content (AvgIpc) is 2.97. The Morgan fingerprint density at radius 2 is 1.68 bits per heavy atom. The SMILES string of the molecule is CN1CCN(c2ccc(NC(=O)C3(O)CCCC3)cc2)CC1. The lowest BCUT2D eigenvalue weighted by Crippen LogP contribution is -2.44. The summed E-state index contributed by atoms with van der Waals surface area (Å²) in [5, 5.41) is 13.1. The highest BCUT2D eigenvalue weighted by atomic mass is 16.3. The molecule has 0 unspecified atom stereocenters. The molecule has 1 heterocycles. The van der Waals surface area contributed by atoms with Gasteiger partial charge >= 0.3 is 0 Å². The van der Waals surface area contributed by atoms with E-state index in [9.17, 15) is 9.90 Å². The lowest BCUT2D eigenvalue weighted by atomic mass is 10.0. The van der Waals surface area contributed by atoms with Crippen LogP contribution in [0.1, 0.15) is 25.7 Å². The molecule has 5 nitrogen and oxygen atoms in total. The number of hydrogen-bond acceptors (Lipinski definition) is 4. The number of piperazine rings is 1. The van der Waals surface area contributed by atoms with Gasteiger partial charge in [-0.05, 0) is 57.0 Å². The second-order valence-electron chi connectivity index (χ2n) is 6.53. The fourth-order valence-electron chi connectivity index (χ4n) is 3.25. The fourth-order valence-corrected chi connectivity index (χ4v) is 3.25. The Labute approximate surface area is 131 Å². The summed E-state index contributed by atoms with van der Waals surface area (Å²) < 4.78 is 0. The van der Waals surface area contributed by atoms with Crippen LogP contribution in [-0.4, -0.2) is 54.7 Å². The van der Waals surface area contributed by atoms with E-state index in [1.165, 1.54) is 5.69 Å². The molecule has 0 bridgehead atoms. The first-order valence-corrected chi connectivity index (χ1v) is 8.14. The van der Waals surface area contributed by atoms with Gasteiger partial charge in [0.15, 0.2) is 0 Å². The summed E-state index contributed by atoms with van der Waals surface area (Å²) in [4.78, 5) is 16.9. The van der Waals surface area contributed by atoms with E-state index < -0.39 is 5.60 Å². The molecule has 3 rings (SSSR count). The van der Waals surface area contributed by atoms with Crippen LogP contribution in [0.25, 0.3) is 0 Å². The minimum atomic E-state index is -1.17. The maximum atomic E-state index is 12.2. The molecule has 2 aliphatic rings. The number of hydrogen-bond donors (Lipinski definition) is 2. The van der Waals surface area contributed by atoms with Gasteiger partial charge in [0.25, 0.3) is 5.91 Å². The first-order valence-electron chi connectivity index (χ1n) is 8.14. The number of amides is 1. The van der Waals surface area contributed by atoms with Gasteiger partial charge < -0.3 is 20.2 Å². The smallest absolute Gasteiger partial charge is 0.256 e. The molecule has 120 valence electrons. The molecule has 5 heteroatoms.